The molecule has 0 saturated heterocycles. The topological polar surface area (TPSA) is 42.1 Å². The highest BCUT2D eigenvalue weighted by molar-refractivity contribution is 7.17. The molecule has 0 unspecified atom stereocenters. The number of nitrogens with one attached hydrogen (secondary N) is 1. The van der Waals surface area contributed by atoms with Crippen LogP contribution >= 0.6 is 22.9 Å². The SMILES string of the molecule is O=C(OCc1csc2ccccc12)c1cc(Cl)c[nH]1. The van der Waals surface area contributed by atoms with E-state index in [4.69, 9.17) is 16.3 Å². The summed E-state index contributed by atoms with van der Waals surface area (Å²) in [4.78, 5) is 14.5. The summed E-state index contributed by atoms with van der Waals surface area (Å²) in [6.45, 7) is 0.263. The van der Waals surface area contributed by atoms with E-state index < -0.39 is 5.97 Å². The molecule has 2 aromatic heterocycles. The second-order valence-corrected chi connectivity index (χ2v) is 5.41. The van der Waals surface area contributed by atoms with Gasteiger partial charge in [-0.25, -0.2) is 4.79 Å². The molecule has 0 aliphatic rings. The van der Waals surface area contributed by atoms with Crippen LogP contribution in [0.25, 0.3) is 10.1 Å². The average molecular weight is 292 g/mol. The van der Waals surface area contributed by atoms with Crippen molar-refractivity contribution in [2.75, 3.05) is 0 Å². The molecule has 1 aromatic carbocycles. The van der Waals surface area contributed by atoms with Gasteiger partial charge in [-0.15, -0.1) is 11.3 Å². The summed E-state index contributed by atoms with van der Waals surface area (Å²) in [5.74, 6) is -0.401. The molecule has 3 nitrogen and oxygen atoms in total. The Hall–Kier alpha value is -1.78. The van der Waals surface area contributed by atoms with Gasteiger partial charge in [0.25, 0.3) is 0 Å². The molecule has 0 saturated carbocycles. The highest BCUT2D eigenvalue weighted by Gasteiger charge is 2.11. The van der Waals surface area contributed by atoms with E-state index in [1.54, 1.807) is 23.6 Å². The maximum atomic E-state index is 11.8. The molecule has 0 fully saturated rings. The number of benzene rings is 1. The number of hydrogen-bond donors (Lipinski definition) is 1. The van der Waals surface area contributed by atoms with Gasteiger partial charge in [-0.3, -0.25) is 0 Å². The lowest BCUT2D eigenvalue weighted by molar-refractivity contribution is 0.0468. The summed E-state index contributed by atoms with van der Waals surface area (Å²) >= 11 is 7.39. The van der Waals surface area contributed by atoms with Crippen LogP contribution in [0, 0.1) is 0 Å². The third kappa shape index (κ3) is 2.50. The minimum Gasteiger partial charge on any atom is -0.456 e. The van der Waals surface area contributed by atoms with Crippen molar-refractivity contribution in [3.8, 4) is 0 Å². The number of esters is 1. The molecule has 0 aliphatic carbocycles. The molecule has 0 aliphatic heterocycles. The monoisotopic (exact) mass is 291 g/mol. The molecule has 1 N–H and O–H groups in total. The van der Waals surface area contributed by atoms with E-state index in [9.17, 15) is 4.79 Å². The van der Waals surface area contributed by atoms with E-state index >= 15 is 0 Å². The zero-order valence-corrected chi connectivity index (χ0v) is 11.4. The van der Waals surface area contributed by atoms with E-state index in [1.807, 2.05) is 23.6 Å². The molecule has 0 radical (unpaired) electrons. The highest BCUT2D eigenvalue weighted by Crippen LogP contribution is 2.26. The first-order valence-electron chi connectivity index (χ1n) is 5.70. The molecule has 0 bridgehead atoms. The molecule has 2 heterocycles. The fourth-order valence-electron chi connectivity index (χ4n) is 1.85. The number of hydrogen-bond acceptors (Lipinski definition) is 3. The number of halogens is 1. The Labute approximate surface area is 118 Å². The third-order valence-corrected chi connectivity index (χ3v) is 4.02. The van der Waals surface area contributed by atoms with Crippen molar-refractivity contribution in [1.29, 1.82) is 0 Å². The van der Waals surface area contributed by atoms with Gasteiger partial charge in [0.1, 0.15) is 12.3 Å². The van der Waals surface area contributed by atoms with Crippen molar-refractivity contribution in [1.82, 2.24) is 4.98 Å². The summed E-state index contributed by atoms with van der Waals surface area (Å²) < 4.78 is 6.46. The largest absolute Gasteiger partial charge is 0.456 e. The molecule has 0 amide bonds. The number of carbonyl (C=O) groups excluding carboxylic acids is 1. The second-order valence-electron chi connectivity index (χ2n) is 4.06. The maximum Gasteiger partial charge on any atom is 0.355 e. The quantitative estimate of drug-likeness (QED) is 0.733. The number of aromatic amines is 1. The summed E-state index contributed by atoms with van der Waals surface area (Å²) in [7, 11) is 0. The lowest BCUT2D eigenvalue weighted by Crippen LogP contribution is -2.05. The van der Waals surface area contributed by atoms with Gasteiger partial charge in [0.2, 0.25) is 0 Å². The maximum absolute atomic E-state index is 11.8. The van der Waals surface area contributed by atoms with Crippen LogP contribution in [0.4, 0.5) is 0 Å². The molecule has 0 spiro atoms. The Morgan fingerprint density at radius 1 is 1.37 bits per heavy atom. The zero-order chi connectivity index (χ0) is 13.2. The molecule has 19 heavy (non-hydrogen) atoms. The Morgan fingerprint density at radius 2 is 2.21 bits per heavy atom. The number of fused-ring (bicyclic) bond motifs is 1. The fraction of sp³-hybridized carbons (Fsp3) is 0.0714. The highest BCUT2D eigenvalue weighted by atomic mass is 35.5. The number of ether oxygens (including phenoxy) is 1. The molecular formula is C14H10ClNO2S. The van der Waals surface area contributed by atoms with Crippen molar-refractivity contribution in [2.45, 2.75) is 6.61 Å². The summed E-state index contributed by atoms with van der Waals surface area (Å²) in [5.41, 5.74) is 1.39. The number of H-pyrrole nitrogens is 1. The van der Waals surface area contributed by atoms with Gasteiger partial charge in [-0.2, -0.15) is 0 Å². The first-order valence-corrected chi connectivity index (χ1v) is 6.96. The van der Waals surface area contributed by atoms with Gasteiger partial charge in [0, 0.05) is 16.5 Å². The summed E-state index contributed by atoms with van der Waals surface area (Å²) in [5, 5.41) is 3.64. The predicted molar refractivity (Wildman–Crippen MR) is 76.7 cm³/mol. The minimum absolute atomic E-state index is 0.263. The van der Waals surface area contributed by atoms with E-state index in [1.165, 1.54) is 4.70 Å². The van der Waals surface area contributed by atoms with E-state index in [-0.39, 0.29) is 6.61 Å². The molecule has 3 aromatic rings. The second kappa shape index (κ2) is 5.07. The fourth-order valence-corrected chi connectivity index (χ4v) is 2.96. The van der Waals surface area contributed by atoms with Crippen LogP contribution in [-0.4, -0.2) is 11.0 Å². The lowest BCUT2D eigenvalue weighted by Gasteiger charge is -2.02. The first-order chi connectivity index (χ1) is 9.24. The predicted octanol–water partition coefficient (Wildman–Crippen LogP) is 4.24. The Kier molecular flexibility index (Phi) is 3.27. The first kappa shape index (κ1) is 12.3. The smallest absolute Gasteiger partial charge is 0.355 e. The number of thiophene rings is 1. The number of aromatic nitrogens is 1. The molecular weight excluding hydrogens is 282 g/mol. The minimum atomic E-state index is -0.401. The van der Waals surface area contributed by atoms with Crippen LogP contribution in [0.5, 0.6) is 0 Å². The van der Waals surface area contributed by atoms with Gasteiger partial charge in [0.05, 0.1) is 5.02 Å². The van der Waals surface area contributed by atoms with Gasteiger partial charge >= 0.3 is 5.97 Å². The Bertz CT molecular complexity index is 732. The molecule has 5 heteroatoms. The molecule has 0 atom stereocenters. The molecule has 96 valence electrons. The van der Waals surface area contributed by atoms with Crippen LogP contribution in [-0.2, 0) is 11.3 Å². The summed E-state index contributed by atoms with van der Waals surface area (Å²) in [6, 6.07) is 9.60. The Morgan fingerprint density at radius 3 is 3.00 bits per heavy atom. The van der Waals surface area contributed by atoms with E-state index in [0.29, 0.717) is 10.7 Å². The van der Waals surface area contributed by atoms with Crippen LogP contribution in [0.1, 0.15) is 16.1 Å². The van der Waals surface area contributed by atoms with Gasteiger partial charge in [0.15, 0.2) is 0 Å². The van der Waals surface area contributed by atoms with Gasteiger partial charge in [-0.1, -0.05) is 29.8 Å². The van der Waals surface area contributed by atoms with Crippen LogP contribution < -0.4 is 0 Å². The normalized spacial score (nSPS) is 10.8. The third-order valence-electron chi connectivity index (χ3n) is 2.79. The average Bonchev–Trinajstić information content (AvgIpc) is 3.02. The number of rotatable bonds is 3. The lowest BCUT2D eigenvalue weighted by atomic mass is 10.2. The standard InChI is InChI=1S/C14H10ClNO2S/c15-10-5-12(16-6-10)14(17)18-7-9-8-19-13-4-2-1-3-11(9)13/h1-6,8,16H,7H2. The van der Waals surface area contributed by atoms with E-state index in [2.05, 4.69) is 11.1 Å². The van der Waals surface area contributed by atoms with Crippen LogP contribution in [0.15, 0.2) is 41.9 Å². The van der Waals surface area contributed by atoms with Crippen LogP contribution in [0.3, 0.4) is 0 Å². The van der Waals surface area contributed by atoms with Crippen molar-refractivity contribution in [3.63, 3.8) is 0 Å². The summed E-state index contributed by atoms with van der Waals surface area (Å²) in [6.07, 6.45) is 1.55. The van der Waals surface area contributed by atoms with Crippen molar-refractivity contribution in [3.05, 3.63) is 58.2 Å². The van der Waals surface area contributed by atoms with Crippen LogP contribution in [0.2, 0.25) is 5.02 Å². The zero-order valence-electron chi connectivity index (χ0n) is 9.85. The van der Waals surface area contributed by atoms with Crippen molar-refractivity contribution >= 4 is 39.0 Å². The van der Waals surface area contributed by atoms with Gasteiger partial charge < -0.3 is 9.72 Å². The number of carbonyl (C=O) groups is 1. The van der Waals surface area contributed by atoms with Crippen molar-refractivity contribution in [2.24, 2.45) is 0 Å². The van der Waals surface area contributed by atoms with E-state index in [0.717, 1.165) is 10.9 Å². The molecule has 3 rings (SSSR count). The Balaban J connectivity index is 1.74. The van der Waals surface area contributed by atoms with Gasteiger partial charge in [-0.05, 0) is 22.9 Å². The van der Waals surface area contributed by atoms with Crippen molar-refractivity contribution < 1.29 is 9.53 Å².